The highest BCUT2D eigenvalue weighted by Crippen LogP contribution is 2.27. The molecule has 1 fully saturated rings. The van der Waals surface area contributed by atoms with E-state index < -0.39 is 0 Å². The van der Waals surface area contributed by atoms with Gasteiger partial charge in [0.15, 0.2) is 0 Å². The number of rotatable bonds is 6. The molecule has 19 heavy (non-hydrogen) atoms. The molecule has 1 N–H and O–H groups in total. The summed E-state index contributed by atoms with van der Waals surface area (Å²) in [6, 6.07) is 3.80. The highest BCUT2D eigenvalue weighted by atomic mass is 16.5. The molecule has 4 nitrogen and oxygen atoms in total. The van der Waals surface area contributed by atoms with Crippen molar-refractivity contribution in [1.29, 1.82) is 0 Å². The molecule has 0 aliphatic heterocycles. The lowest BCUT2D eigenvalue weighted by atomic mass is 10.0. The predicted molar refractivity (Wildman–Crippen MR) is 73.8 cm³/mol. The number of ether oxygens (including phenoxy) is 1. The molecule has 0 saturated heterocycles. The van der Waals surface area contributed by atoms with Crippen LogP contribution in [0.1, 0.15) is 44.6 Å². The third kappa shape index (κ3) is 4.23. The zero-order chi connectivity index (χ0) is 13.5. The van der Waals surface area contributed by atoms with Crippen molar-refractivity contribution in [2.45, 2.75) is 45.6 Å². The Morgan fingerprint density at radius 3 is 3.00 bits per heavy atom. The van der Waals surface area contributed by atoms with E-state index in [-0.39, 0.29) is 5.91 Å². The summed E-state index contributed by atoms with van der Waals surface area (Å²) in [4.78, 5) is 16.0. The second-order valence-corrected chi connectivity index (χ2v) is 5.03. The standard InChI is InChI=1S/C15H22N2O2/c1-2-19-15-13(8-5-9-16-15)11-17-14(18)10-12-6-3-4-7-12/h5,8-9,12H,2-4,6-7,10-11H2,1H3,(H,17,18). The molecule has 1 heterocycles. The second kappa shape index (κ2) is 7.12. The first-order valence-electron chi connectivity index (χ1n) is 7.13. The lowest BCUT2D eigenvalue weighted by Crippen LogP contribution is -2.25. The third-order valence-corrected chi connectivity index (χ3v) is 3.56. The van der Waals surface area contributed by atoms with Crippen LogP contribution in [0.4, 0.5) is 0 Å². The number of nitrogens with one attached hydrogen (secondary N) is 1. The van der Waals surface area contributed by atoms with Crippen molar-refractivity contribution in [1.82, 2.24) is 10.3 Å². The maximum absolute atomic E-state index is 11.9. The van der Waals surface area contributed by atoms with E-state index >= 15 is 0 Å². The number of nitrogens with zero attached hydrogens (tertiary/aromatic N) is 1. The maximum Gasteiger partial charge on any atom is 0.220 e. The molecule has 0 atom stereocenters. The minimum absolute atomic E-state index is 0.137. The predicted octanol–water partition coefficient (Wildman–Crippen LogP) is 2.68. The quantitative estimate of drug-likeness (QED) is 0.857. The van der Waals surface area contributed by atoms with Crippen molar-refractivity contribution in [3.8, 4) is 5.88 Å². The zero-order valence-corrected chi connectivity index (χ0v) is 11.5. The van der Waals surface area contributed by atoms with Crippen LogP contribution in [0.3, 0.4) is 0 Å². The van der Waals surface area contributed by atoms with Crippen molar-refractivity contribution in [3.05, 3.63) is 23.9 Å². The monoisotopic (exact) mass is 262 g/mol. The van der Waals surface area contributed by atoms with Crippen LogP contribution < -0.4 is 10.1 Å². The Bertz CT molecular complexity index is 414. The molecule has 4 heteroatoms. The second-order valence-electron chi connectivity index (χ2n) is 5.03. The lowest BCUT2D eigenvalue weighted by molar-refractivity contribution is -0.122. The van der Waals surface area contributed by atoms with Gasteiger partial charge < -0.3 is 10.1 Å². The Balaban J connectivity index is 1.82. The van der Waals surface area contributed by atoms with E-state index in [0.717, 1.165) is 5.56 Å². The van der Waals surface area contributed by atoms with Gasteiger partial charge in [-0.3, -0.25) is 4.79 Å². The molecule has 1 amide bonds. The van der Waals surface area contributed by atoms with Gasteiger partial charge in [0.25, 0.3) is 0 Å². The molecule has 0 bridgehead atoms. The van der Waals surface area contributed by atoms with Crippen molar-refractivity contribution in [2.24, 2.45) is 5.92 Å². The van der Waals surface area contributed by atoms with Gasteiger partial charge >= 0.3 is 0 Å². The van der Waals surface area contributed by atoms with Crippen LogP contribution in [0.25, 0.3) is 0 Å². The van der Waals surface area contributed by atoms with Gasteiger partial charge in [-0.05, 0) is 31.7 Å². The van der Waals surface area contributed by atoms with Crippen LogP contribution in [-0.4, -0.2) is 17.5 Å². The first-order chi connectivity index (χ1) is 9.29. The Kier molecular flexibility index (Phi) is 5.19. The van der Waals surface area contributed by atoms with Crippen LogP contribution in [0.2, 0.25) is 0 Å². The number of aromatic nitrogens is 1. The van der Waals surface area contributed by atoms with Crippen LogP contribution in [0.5, 0.6) is 5.88 Å². The highest BCUT2D eigenvalue weighted by Gasteiger charge is 2.18. The first kappa shape index (κ1) is 13.8. The molecule has 104 valence electrons. The fraction of sp³-hybridized carbons (Fsp3) is 0.600. The lowest BCUT2D eigenvalue weighted by Gasteiger charge is -2.11. The Morgan fingerprint density at radius 2 is 2.26 bits per heavy atom. The van der Waals surface area contributed by atoms with Gasteiger partial charge in [0.1, 0.15) is 0 Å². The molecule has 1 aromatic rings. The number of pyridine rings is 1. The molecule has 0 spiro atoms. The Hall–Kier alpha value is -1.58. The normalized spacial score (nSPS) is 15.4. The van der Waals surface area contributed by atoms with Gasteiger partial charge in [-0.15, -0.1) is 0 Å². The number of carbonyl (C=O) groups excluding carboxylic acids is 1. The Labute approximate surface area is 114 Å². The van der Waals surface area contributed by atoms with Gasteiger partial charge in [-0.25, -0.2) is 4.98 Å². The van der Waals surface area contributed by atoms with Crippen molar-refractivity contribution < 1.29 is 9.53 Å². The van der Waals surface area contributed by atoms with E-state index in [4.69, 9.17) is 4.74 Å². The minimum Gasteiger partial charge on any atom is -0.478 e. The van der Waals surface area contributed by atoms with Crippen LogP contribution in [0, 0.1) is 5.92 Å². The largest absolute Gasteiger partial charge is 0.478 e. The molecule has 1 aliphatic rings. The summed E-state index contributed by atoms with van der Waals surface area (Å²) in [5.41, 5.74) is 0.934. The van der Waals surface area contributed by atoms with Gasteiger partial charge in [0.05, 0.1) is 6.61 Å². The smallest absolute Gasteiger partial charge is 0.220 e. The van der Waals surface area contributed by atoms with Crippen LogP contribution in [0.15, 0.2) is 18.3 Å². The van der Waals surface area contributed by atoms with Crippen molar-refractivity contribution in [2.75, 3.05) is 6.61 Å². The summed E-state index contributed by atoms with van der Waals surface area (Å²) < 4.78 is 5.44. The average molecular weight is 262 g/mol. The zero-order valence-electron chi connectivity index (χ0n) is 11.5. The summed E-state index contributed by atoms with van der Waals surface area (Å²) in [5.74, 6) is 1.34. The molecule has 0 unspecified atom stereocenters. The summed E-state index contributed by atoms with van der Waals surface area (Å²) in [7, 11) is 0. The third-order valence-electron chi connectivity index (χ3n) is 3.56. The summed E-state index contributed by atoms with van der Waals surface area (Å²) in [6.45, 7) is 3.01. The topological polar surface area (TPSA) is 51.2 Å². The average Bonchev–Trinajstić information content (AvgIpc) is 2.91. The van der Waals surface area contributed by atoms with Gasteiger partial charge in [0, 0.05) is 24.7 Å². The molecular formula is C15H22N2O2. The minimum atomic E-state index is 0.137. The van der Waals surface area contributed by atoms with E-state index in [1.165, 1.54) is 25.7 Å². The number of hydrogen-bond donors (Lipinski definition) is 1. The highest BCUT2D eigenvalue weighted by molar-refractivity contribution is 5.76. The Morgan fingerprint density at radius 1 is 1.47 bits per heavy atom. The summed E-state index contributed by atoms with van der Waals surface area (Å²) >= 11 is 0. The fourth-order valence-corrected chi connectivity index (χ4v) is 2.57. The SMILES string of the molecule is CCOc1ncccc1CNC(=O)CC1CCCC1. The van der Waals surface area contributed by atoms with Crippen molar-refractivity contribution >= 4 is 5.91 Å². The van der Waals surface area contributed by atoms with Crippen molar-refractivity contribution in [3.63, 3.8) is 0 Å². The van der Waals surface area contributed by atoms with Crippen LogP contribution in [-0.2, 0) is 11.3 Å². The number of amides is 1. The van der Waals surface area contributed by atoms with E-state index in [1.54, 1.807) is 6.20 Å². The summed E-state index contributed by atoms with van der Waals surface area (Å²) in [5, 5.41) is 2.97. The first-order valence-corrected chi connectivity index (χ1v) is 7.13. The molecule has 0 aromatic carbocycles. The molecule has 1 aliphatic carbocycles. The summed E-state index contributed by atoms with van der Waals surface area (Å²) in [6.07, 6.45) is 7.30. The molecule has 2 rings (SSSR count). The number of hydrogen-bond acceptors (Lipinski definition) is 3. The molecule has 1 saturated carbocycles. The van der Waals surface area contributed by atoms with E-state index in [1.807, 2.05) is 19.1 Å². The van der Waals surface area contributed by atoms with E-state index in [0.29, 0.717) is 31.4 Å². The van der Waals surface area contributed by atoms with Gasteiger partial charge in [0.2, 0.25) is 11.8 Å². The van der Waals surface area contributed by atoms with E-state index in [9.17, 15) is 4.79 Å². The van der Waals surface area contributed by atoms with E-state index in [2.05, 4.69) is 10.3 Å². The molecule has 0 radical (unpaired) electrons. The van der Waals surface area contributed by atoms with Crippen LogP contribution >= 0.6 is 0 Å². The van der Waals surface area contributed by atoms with Gasteiger partial charge in [-0.2, -0.15) is 0 Å². The maximum atomic E-state index is 11.9. The fourth-order valence-electron chi connectivity index (χ4n) is 2.57. The molecule has 1 aromatic heterocycles. The molecular weight excluding hydrogens is 240 g/mol. The van der Waals surface area contributed by atoms with Gasteiger partial charge in [-0.1, -0.05) is 18.9 Å². The number of carbonyl (C=O) groups is 1.